The van der Waals surface area contributed by atoms with Gasteiger partial charge in [0.25, 0.3) is 0 Å². The Morgan fingerprint density at radius 1 is 1.31 bits per heavy atom. The van der Waals surface area contributed by atoms with Crippen LogP contribution in [0.1, 0.15) is 26.7 Å². The number of halogens is 1. The van der Waals surface area contributed by atoms with Crippen LogP contribution in [0, 0.1) is 11.7 Å². The van der Waals surface area contributed by atoms with E-state index in [0.29, 0.717) is 12.5 Å². The fourth-order valence-electron chi connectivity index (χ4n) is 2.02. The molecule has 2 nitrogen and oxygen atoms in total. The van der Waals surface area contributed by atoms with Crippen molar-refractivity contribution in [2.75, 3.05) is 11.9 Å². The van der Waals surface area contributed by atoms with Crippen LogP contribution in [0.5, 0.6) is 0 Å². The van der Waals surface area contributed by atoms with E-state index in [-0.39, 0.29) is 11.9 Å². The van der Waals surface area contributed by atoms with Crippen molar-refractivity contribution < 1.29 is 4.39 Å². The van der Waals surface area contributed by atoms with E-state index in [1.165, 1.54) is 12.1 Å². The number of hydrogen-bond donors (Lipinski definition) is 2. The van der Waals surface area contributed by atoms with Crippen LogP contribution in [0.15, 0.2) is 24.3 Å². The predicted octanol–water partition coefficient (Wildman–Crippen LogP) is 3.00. The lowest BCUT2D eigenvalue weighted by atomic mass is 9.94. The highest BCUT2D eigenvalue weighted by Gasteiger charge is 2.16. The Bertz CT molecular complexity index is 311. The maximum atomic E-state index is 13.0. The fraction of sp³-hybridized carbons (Fsp3) is 0.538. The van der Waals surface area contributed by atoms with E-state index in [2.05, 4.69) is 19.2 Å². The van der Waals surface area contributed by atoms with Gasteiger partial charge in [0.05, 0.1) is 0 Å². The summed E-state index contributed by atoms with van der Waals surface area (Å²) in [4.78, 5) is 0. The van der Waals surface area contributed by atoms with Gasteiger partial charge in [0.15, 0.2) is 0 Å². The molecule has 0 aromatic heterocycles. The van der Waals surface area contributed by atoms with Gasteiger partial charge in [0.2, 0.25) is 0 Å². The zero-order chi connectivity index (χ0) is 12.0. The van der Waals surface area contributed by atoms with Crippen molar-refractivity contribution in [1.82, 2.24) is 0 Å². The molecule has 0 saturated carbocycles. The van der Waals surface area contributed by atoms with Crippen molar-refractivity contribution in [3.05, 3.63) is 30.1 Å². The molecule has 0 bridgehead atoms. The van der Waals surface area contributed by atoms with E-state index in [0.717, 1.165) is 18.5 Å². The Morgan fingerprint density at radius 3 is 2.50 bits per heavy atom. The first kappa shape index (κ1) is 13.0. The summed E-state index contributed by atoms with van der Waals surface area (Å²) in [5.41, 5.74) is 6.56. The zero-order valence-corrected chi connectivity index (χ0v) is 10.0. The third kappa shape index (κ3) is 3.49. The summed E-state index contributed by atoms with van der Waals surface area (Å²) in [5, 5.41) is 3.31. The smallest absolute Gasteiger partial charge is 0.125 e. The molecule has 0 amide bonds. The summed E-state index contributed by atoms with van der Waals surface area (Å²) in [6.07, 6.45) is 2.17. The lowest BCUT2D eigenvalue weighted by molar-refractivity contribution is 0.422. The van der Waals surface area contributed by atoms with E-state index in [9.17, 15) is 4.39 Å². The van der Waals surface area contributed by atoms with Crippen LogP contribution in [0.4, 0.5) is 10.1 Å². The SMILES string of the molecule is CCC(CC)C(CN)Nc1cccc(F)c1. The molecule has 0 radical (unpaired) electrons. The number of benzene rings is 1. The summed E-state index contributed by atoms with van der Waals surface area (Å²) in [6.45, 7) is 4.89. The molecule has 3 heteroatoms. The van der Waals surface area contributed by atoms with E-state index in [1.807, 2.05) is 6.07 Å². The lowest BCUT2D eigenvalue weighted by Crippen LogP contribution is -2.35. The molecule has 0 spiro atoms. The number of anilines is 1. The molecule has 1 aromatic rings. The fourth-order valence-corrected chi connectivity index (χ4v) is 2.02. The first-order valence-corrected chi connectivity index (χ1v) is 5.93. The van der Waals surface area contributed by atoms with Crippen molar-refractivity contribution in [2.24, 2.45) is 11.7 Å². The van der Waals surface area contributed by atoms with Gasteiger partial charge < -0.3 is 11.1 Å². The largest absolute Gasteiger partial charge is 0.381 e. The monoisotopic (exact) mass is 224 g/mol. The van der Waals surface area contributed by atoms with Gasteiger partial charge in [-0.05, 0) is 24.1 Å². The molecule has 0 aliphatic rings. The molecular formula is C13H21FN2. The number of hydrogen-bond acceptors (Lipinski definition) is 2. The molecule has 0 saturated heterocycles. The molecule has 1 unspecified atom stereocenters. The van der Waals surface area contributed by atoms with Gasteiger partial charge in [-0.2, -0.15) is 0 Å². The Kier molecular flexibility index (Phi) is 5.26. The summed E-state index contributed by atoms with van der Waals surface area (Å²) in [6, 6.07) is 6.74. The van der Waals surface area contributed by atoms with Gasteiger partial charge in [-0.3, -0.25) is 0 Å². The van der Waals surface area contributed by atoms with Crippen molar-refractivity contribution >= 4 is 5.69 Å². The minimum absolute atomic E-state index is 0.217. The Morgan fingerprint density at radius 2 is 2.00 bits per heavy atom. The Labute approximate surface area is 97.0 Å². The standard InChI is InChI=1S/C13H21FN2/c1-3-10(4-2)13(9-15)16-12-7-5-6-11(14)8-12/h5-8,10,13,16H,3-4,9,15H2,1-2H3. The van der Waals surface area contributed by atoms with Crippen LogP contribution >= 0.6 is 0 Å². The molecule has 0 aliphatic carbocycles. The molecule has 0 aliphatic heterocycles. The summed E-state index contributed by atoms with van der Waals surface area (Å²) in [5.74, 6) is 0.318. The second-order valence-electron chi connectivity index (χ2n) is 4.07. The maximum absolute atomic E-state index is 13.0. The second-order valence-corrected chi connectivity index (χ2v) is 4.07. The van der Waals surface area contributed by atoms with Crippen LogP contribution in [0.3, 0.4) is 0 Å². The molecule has 16 heavy (non-hydrogen) atoms. The minimum Gasteiger partial charge on any atom is -0.381 e. The molecule has 3 N–H and O–H groups in total. The van der Waals surface area contributed by atoms with Crippen LogP contribution in [-0.4, -0.2) is 12.6 Å². The average Bonchev–Trinajstić information content (AvgIpc) is 2.29. The first-order valence-electron chi connectivity index (χ1n) is 5.93. The molecule has 0 heterocycles. The molecule has 90 valence electrons. The molecule has 1 rings (SSSR count). The minimum atomic E-state index is -0.217. The Hall–Kier alpha value is -1.09. The van der Waals surface area contributed by atoms with E-state index >= 15 is 0 Å². The highest BCUT2D eigenvalue weighted by Crippen LogP contribution is 2.18. The quantitative estimate of drug-likeness (QED) is 0.779. The van der Waals surface area contributed by atoms with Gasteiger partial charge in [-0.1, -0.05) is 32.8 Å². The van der Waals surface area contributed by atoms with Gasteiger partial charge >= 0.3 is 0 Å². The summed E-state index contributed by atoms with van der Waals surface area (Å²) >= 11 is 0. The predicted molar refractivity (Wildman–Crippen MR) is 66.9 cm³/mol. The molecular weight excluding hydrogens is 203 g/mol. The third-order valence-electron chi connectivity index (χ3n) is 3.05. The average molecular weight is 224 g/mol. The molecule has 1 atom stereocenters. The van der Waals surface area contributed by atoms with Gasteiger partial charge in [-0.25, -0.2) is 4.39 Å². The summed E-state index contributed by atoms with van der Waals surface area (Å²) < 4.78 is 13.0. The van der Waals surface area contributed by atoms with E-state index < -0.39 is 0 Å². The van der Waals surface area contributed by atoms with Gasteiger partial charge in [-0.15, -0.1) is 0 Å². The van der Waals surface area contributed by atoms with Crippen molar-refractivity contribution in [1.29, 1.82) is 0 Å². The van der Waals surface area contributed by atoms with Crippen molar-refractivity contribution in [3.8, 4) is 0 Å². The Balaban J connectivity index is 2.69. The molecule has 1 aromatic carbocycles. The van der Waals surface area contributed by atoms with E-state index in [4.69, 9.17) is 5.73 Å². The topological polar surface area (TPSA) is 38.0 Å². The normalized spacial score (nSPS) is 12.8. The summed E-state index contributed by atoms with van der Waals surface area (Å²) in [7, 11) is 0. The van der Waals surface area contributed by atoms with Crippen LogP contribution in [0.2, 0.25) is 0 Å². The highest BCUT2D eigenvalue weighted by molar-refractivity contribution is 5.44. The van der Waals surface area contributed by atoms with Crippen LogP contribution < -0.4 is 11.1 Å². The van der Waals surface area contributed by atoms with Crippen molar-refractivity contribution in [3.63, 3.8) is 0 Å². The zero-order valence-electron chi connectivity index (χ0n) is 10.0. The maximum Gasteiger partial charge on any atom is 0.125 e. The van der Waals surface area contributed by atoms with Gasteiger partial charge in [0, 0.05) is 18.3 Å². The van der Waals surface area contributed by atoms with E-state index in [1.54, 1.807) is 6.07 Å². The molecule has 0 fully saturated rings. The highest BCUT2D eigenvalue weighted by atomic mass is 19.1. The van der Waals surface area contributed by atoms with Crippen LogP contribution in [0.25, 0.3) is 0 Å². The lowest BCUT2D eigenvalue weighted by Gasteiger charge is -2.26. The van der Waals surface area contributed by atoms with Gasteiger partial charge in [0.1, 0.15) is 5.82 Å². The van der Waals surface area contributed by atoms with Crippen LogP contribution in [-0.2, 0) is 0 Å². The number of nitrogens with one attached hydrogen (secondary N) is 1. The van der Waals surface area contributed by atoms with Crippen molar-refractivity contribution in [2.45, 2.75) is 32.7 Å². The second kappa shape index (κ2) is 6.48. The number of rotatable bonds is 6. The number of nitrogens with two attached hydrogens (primary N) is 1. The first-order chi connectivity index (χ1) is 7.71. The third-order valence-corrected chi connectivity index (χ3v) is 3.05.